The lowest BCUT2D eigenvalue weighted by Crippen LogP contribution is -1.92. The maximum absolute atomic E-state index is 14.9. The molecule has 0 fully saturated rings. The van der Waals surface area contributed by atoms with E-state index in [4.69, 9.17) is 0 Å². The van der Waals surface area contributed by atoms with E-state index < -0.39 is 0 Å². The fourth-order valence-electron chi connectivity index (χ4n) is 3.06. The second kappa shape index (κ2) is 5.47. The highest BCUT2D eigenvalue weighted by molar-refractivity contribution is 9.10. The van der Waals surface area contributed by atoms with Crippen LogP contribution in [0.3, 0.4) is 0 Å². The van der Waals surface area contributed by atoms with E-state index >= 15 is 0 Å². The predicted molar refractivity (Wildman–Crippen MR) is 99.0 cm³/mol. The number of benzene rings is 4. The Balaban J connectivity index is 2.06. The molecule has 0 N–H and O–H groups in total. The van der Waals surface area contributed by atoms with Crippen molar-refractivity contribution in [2.24, 2.45) is 0 Å². The molecule has 0 spiro atoms. The molecule has 0 saturated carbocycles. The Labute approximate surface area is 142 Å². The molecule has 0 amide bonds. The van der Waals surface area contributed by atoms with Crippen molar-refractivity contribution in [1.29, 1.82) is 0 Å². The minimum absolute atomic E-state index is 0.246. The Bertz CT molecular complexity index is 1050. The van der Waals surface area contributed by atoms with Crippen LogP contribution in [0.1, 0.15) is 5.56 Å². The third-order valence-corrected chi connectivity index (χ3v) is 5.03. The van der Waals surface area contributed by atoms with Gasteiger partial charge < -0.3 is 0 Å². The lowest BCUT2D eigenvalue weighted by Gasteiger charge is -2.13. The van der Waals surface area contributed by atoms with Crippen LogP contribution in [0.5, 0.6) is 0 Å². The van der Waals surface area contributed by atoms with Crippen molar-refractivity contribution in [2.75, 3.05) is 0 Å². The first kappa shape index (κ1) is 14.4. The van der Waals surface area contributed by atoms with Gasteiger partial charge in [-0.25, -0.2) is 4.39 Å². The summed E-state index contributed by atoms with van der Waals surface area (Å²) in [5.74, 6) is -0.246. The fourth-order valence-corrected chi connectivity index (χ4v) is 3.64. The summed E-state index contributed by atoms with van der Waals surface area (Å²) in [7, 11) is 0. The van der Waals surface area contributed by atoms with Crippen LogP contribution >= 0.6 is 15.9 Å². The Hall–Kier alpha value is -2.19. The van der Waals surface area contributed by atoms with Crippen molar-refractivity contribution in [2.45, 2.75) is 0 Å². The van der Waals surface area contributed by atoms with E-state index in [-0.39, 0.29) is 5.82 Å². The highest BCUT2D eigenvalue weighted by Gasteiger charge is 2.15. The summed E-state index contributed by atoms with van der Waals surface area (Å²) in [6.45, 7) is 4.19. The fraction of sp³-hybridized carbons (Fsp3) is 0. The van der Waals surface area contributed by atoms with Crippen LogP contribution in [-0.2, 0) is 0 Å². The molecule has 0 aliphatic carbocycles. The molecule has 4 aromatic rings. The summed E-state index contributed by atoms with van der Waals surface area (Å²) >= 11 is 3.41. The zero-order valence-corrected chi connectivity index (χ0v) is 13.9. The Morgan fingerprint density at radius 1 is 0.739 bits per heavy atom. The van der Waals surface area contributed by atoms with Gasteiger partial charge in [0.05, 0.1) is 4.47 Å². The summed E-state index contributed by atoms with van der Waals surface area (Å²) in [4.78, 5) is 0. The topological polar surface area (TPSA) is 0 Å². The van der Waals surface area contributed by atoms with Gasteiger partial charge in [-0.2, -0.15) is 0 Å². The molecule has 0 aliphatic rings. The SMILES string of the molecule is [CH2]c1c(-c2cc3ccccc3c(Br)c2F)ccc2ccccc12. The highest BCUT2D eigenvalue weighted by Crippen LogP contribution is 2.37. The van der Waals surface area contributed by atoms with Crippen molar-refractivity contribution in [1.82, 2.24) is 0 Å². The van der Waals surface area contributed by atoms with Crippen LogP contribution in [0.15, 0.2) is 71.2 Å². The lowest BCUT2D eigenvalue weighted by molar-refractivity contribution is 0.627. The maximum Gasteiger partial charge on any atom is 0.145 e. The normalized spacial score (nSPS) is 11.3. The zero-order valence-electron chi connectivity index (χ0n) is 12.3. The average Bonchev–Trinajstić information content (AvgIpc) is 2.59. The molecular weight excluding hydrogens is 351 g/mol. The van der Waals surface area contributed by atoms with Gasteiger partial charge in [0.25, 0.3) is 0 Å². The van der Waals surface area contributed by atoms with E-state index in [0.29, 0.717) is 10.0 Å². The summed E-state index contributed by atoms with van der Waals surface area (Å²) in [5, 5.41) is 4.04. The Morgan fingerprint density at radius 2 is 1.39 bits per heavy atom. The Kier molecular flexibility index (Phi) is 3.42. The van der Waals surface area contributed by atoms with Crippen LogP contribution in [0.4, 0.5) is 4.39 Å². The first-order chi connectivity index (χ1) is 11.2. The third kappa shape index (κ3) is 2.25. The summed E-state index contributed by atoms with van der Waals surface area (Å²) < 4.78 is 15.4. The van der Waals surface area contributed by atoms with Gasteiger partial charge in [0, 0.05) is 5.56 Å². The number of hydrogen-bond acceptors (Lipinski definition) is 0. The molecule has 0 saturated heterocycles. The van der Waals surface area contributed by atoms with Crippen molar-refractivity contribution >= 4 is 37.5 Å². The van der Waals surface area contributed by atoms with E-state index in [9.17, 15) is 4.39 Å². The molecule has 111 valence electrons. The minimum Gasteiger partial charge on any atom is -0.205 e. The van der Waals surface area contributed by atoms with E-state index in [1.165, 1.54) is 0 Å². The minimum atomic E-state index is -0.246. The molecule has 0 unspecified atom stereocenters. The standard InChI is InChI=1S/C21H13BrF/c1-13-16-8-4-2-6-14(16)10-11-17(13)19-12-15-7-3-5-9-18(15)20(22)21(19)23/h2-12H,1H2. The van der Waals surface area contributed by atoms with Gasteiger partial charge in [-0.05, 0) is 61.6 Å². The average molecular weight is 364 g/mol. The van der Waals surface area contributed by atoms with E-state index in [1.807, 2.05) is 66.7 Å². The number of fused-ring (bicyclic) bond motifs is 2. The third-order valence-electron chi connectivity index (χ3n) is 4.26. The molecule has 23 heavy (non-hydrogen) atoms. The van der Waals surface area contributed by atoms with Gasteiger partial charge >= 0.3 is 0 Å². The first-order valence-electron chi connectivity index (χ1n) is 7.37. The van der Waals surface area contributed by atoms with Crippen molar-refractivity contribution in [3.8, 4) is 11.1 Å². The van der Waals surface area contributed by atoms with Gasteiger partial charge in [0.15, 0.2) is 0 Å². The number of rotatable bonds is 1. The van der Waals surface area contributed by atoms with Crippen LogP contribution in [-0.4, -0.2) is 0 Å². The molecule has 4 aromatic carbocycles. The van der Waals surface area contributed by atoms with E-state index in [1.54, 1.807) is 0 Å². The molecule has 0 aromatic heterocycles. The molecule has 0 heterocycles. The van der Waals surface area contributed by atoms with Gasteiger partial charge in [0.1, 0.15) is 5.82 Å². The summed E-state index contributed by atoms with van der Waals surface area (Å²) in [6, 6.07) is 21.7. The van der Waals surface area contributed by atoms with Crippen LogP contribution < -0.4 is 0 Å². The van der Waals surface area contributed by atoms with Crippen LogP contribution in [0.25, 0.3) is 32.7 Å². The molecule has 4 rings (SSSR count). The first-order valence-corrected chi connectivity index (χ1v) is 8.17. The van der Waals surface area contributed by atoms with Gasteiger partial charge in [-0.1, -0.05) is 60.7 Å². The van der Waals surface area contributed by atoms with Gasteiger partial charge in [-0.15, -0.1) is 0 Å². The molecule has 2 heteroatoms. The second-order valence-corrected chi connectivity index (χ2v) is 6.38. The molecule has 1 radical (unpaired) electrons. The summed E-state index contributed by atoms with van der Waals surface area (Å²) in [6.07, 6.45) is 0. The van der Waals surface area contributed by atoms with Crippen molar-refractivity contribution in [3.63, 3.8) is 0 Å². The van der Waals surface area contributed by atoms with E-state index in [2.05, 4.69) is 22.9 Å². The van der Waals surface area contributed by atoms with Crippen molar-refractivity contribution in [3.05, 3.63) is 89.5 Å². The van der Waals surface area contributed by atoms with Crippen LogP contribution in [0.2, 0.25) is 0 Å². The lowest BCUT2D eigenvalue weighted by atomic mass is 9.93. The van der Waals surface area contributed by atoms with Gasteiger partial charge in [-0.3, -0.25) is 0 Å². The predicted octanol–water partition coefficient (Wildman–Crippen LogP) is 6.74. The molecular formula is C21H13BrF. The van der Waals surface area contributed by atoms with Crippen LogP contribution in [0, 0.1) is 12.7 Å². The Morgan fingerprint density at radius 3 is 2.17 bits per heavy atom. The maximum atomic E-state index is 14.9. The molecule has 0 nitrogen and oxygen atoms in total. The molecule has 0 bridgehead atoms. The summed E-state index contributed by atoms with van der Waals surface area (Å²) in [5.41, 5.74) is 2.25. The van der Waals surface area contributed by atoms with Crippen molar-refractivity contribution < 1.29 is 4.39 Å². The largest absolute Gasteiger partial charge is 0.205 e. The number of hydrogen-bond donors (Lipinski definition) is 0. The smallest absolute Gasteiger partial charge is 0.145 e. The quantitative estimate of drug-likeness (QED) is 0.351. The monoisotopic (exact) mass is 363 g/mol. The second-order valence-electron chi connectivity index (χ2n) is 5.59. The highest BCUT2D eigenvalue weighted by atomic mass is 79.9. The van der Waals surface area contributed by atoms with E-state index in [0.717, 1.165) is 32.7 Å². The zero-order chi connectivity index (χ0) is 16.0. The molecule has 0 atom stereocenters. The molecule has 0 aliphatic heterocycles. The van der Waals surface area contributed by atoms with Gasteiger partial charge in [0.2, 0.25) is 0 Å². The number of halogens is 2.